The molecule has 0 saturated heterocycles. The van der Waals surface area contributed by atoms with Gasteiger partial charge in [0.05, 0.1) is 0 Å². The summed E-state index contributed by atoms with van der Waals surface area (Å²) in [5.74, 6) is -0.406. The number of carbonyl (C=O) groups excluding carboxylic acids is 1. The Balaban J connectivity index is 2.78. The van der Waals surface area contributed by atoms with Crippen LogP contribution in [-0.2, 0) is 25.0 Å². The third-order valence-electron chi connectivity index (χ3n) is 3.61. The largest absolute Gasteiger partial charge is 0.399 e. The number of nitrogens with one attached hydrogen (secondary N) is 1. The van der Waals surface area contributed by atoms with Crippen LogP contribution in [0.3, 0.4) is 0 Å². The Hall–Kier alpha value is -2.21. The van der Waals surface area contributed by atoms with Gasteiger partial charge in [-0.1, -0.05) is 13.3 Å². The third kappa shape index (κ3) is 4.49. The van der Waals surface area contributed by atoms with E-state index in [-0.39, 0.29) is 28.6 Å². The summed E-state index contributed by atoms with van der Waals surface area (Å²) in [4.78, 5) is 10.6. The summed E-state index contributed by atoms with van der Waals surface area (Å²) in [6.07, 6.45) is 1.56. The van der Waals surface area contributed by atoms with Crippen molar-refractivity contribution in [1.82, 2.24) is 0 Å². The highest BCUT2D eigenvalue weighted by Gasteiger charge is 2.22. The molecule has 2 aromatic carbocycles. The fraction of sp³-hybridized carbons (Fsp3) is 0.267. The smallest absolute Gasteiger partial charge is 0.295 e. The van der Waals surface area contributed by atoms with Crippen molar-refractivity contribution in [3.8, 4) is 0 Å². The second-order valence-corrected chi connectivity index (χ2v) is 8.47. The molecule has 11 heteroatoms. The number of nitrogen functional groups attached to an aromatic ring is 1. The minimum atomic E-state index is -4.77. The van der Waals surface area contributed by atoms with E-state index >= 15 is 0 Å². The molecule has 2 aromatic rings. The monoisotopic (exact) mass is 402 g/mol. The van der Waals surface area contributed by atoms with E-state index in [1.807, 2.05) is 6.92 Å². The highest BCUT2D eigenvalue weighted by atomic mass is 32.2. The summed E-state index contributed by atoms with van der Waals surface area (Å²) >= 11 is 0. The maximum absolute atomic E-state index is 11.9. The molecule has 2 rings (SSSR count). The van der Waals surface area contributed by atoms with Gasteiger partial charge in [-0.3, -0.25) is 13.9 Å². The van der Waals surface area contributed by atoms with Gasteiger partial charge in [0.2, 0.25) is 5.91 Å². The van der Waals surface area contributed by atoms with Crippen molar-refractivity contribution < 1.29 is 30.7 Å². The lowest BCUT2D eigenvalue weighted by Crippen LogP contribution is -2.12. The van der Waals surface area contributed by atoms with E-state index in [0.717, 1.165) is 24.6 Å². The number of hydrogen-bond donors (Lipinski definition) is 4. The summed E-state index contributed by atoms with van der Waals surface area (Å²) in [5, 5.41) is 2.04. The predicted octanol–water partition coefficient (Wildman–Crippen LogP) is 2.04. The van der Waals surface area contributed by atoms with Gasteiger partial charge in [0.15, 0.2) is 0 Å². The number of fused-ring (bicyclic) bond motifs is 1. The Bertz CT molecular complexity index is 1080. The third-order valence-corrected chi connectivity index (χ3v) is 5.40. The quantitative estimate of drug-likeness (QED) is 0.421. The molecule has 5 N–H and O–H groups in total. The molecule has 0 heterocycles. The molecule has 0 aliphatic heterocycles. The number of benzene rings is 2. The van der Waals surface area contributed by atoms with Crippen LogP contribution >= 0.6 is 0 Å². The number of hydrogen-bond acceptors (Lipinski definition) is 6. The first-order valence-electron chi connectivity index (χ1n) is 7.55. The van der Waals surface area contributed by atoms with Crippen molar-refractivity contribution in [2.24, 2.45) is 0 Å². The average molecular weight is 402 g/mol. The van der Waals surface area contributed by atoms with Gasteiger partial charge in [0.25, 0.3) is 20.2 Å². The molecule has 0 bridgehead atoms. The summed E-state index contributed by atoms with van der Waals surface area (Å²) in [5.41, 5.74) is 5.41. The minimum absolute atomic E-state index is 0.0408. The van der Waals surface area contributed by atoms with Crippen LogP contribution in [0.15, 0.2) is 34.1 Å². The Morgan fingerprint density at radius 2 is 1.54 bits per heavy atom. The lowest BCUT2D eigenvalue weighted by molar-refractivity contribution is -0.116. The Labute approximate surface area is 150 Å². The second-order valence-electron chi connectivity index (χ2n) is 5.69. The molecule has 0 radical (unpaired) electrons. The van der Waals surface area contributed by atoms with E-state index in [0.29, 0.717) is 6.42 Å². The SMILES string of the molecule is CCCCC(=O)Nc1cc(S(=O)(=O)O)c2cc(N)cc(S(=O)(=O)O)c2c1. The van der Waals surface area contributed by atoms with Crippen LogP contribution < -0.4 is 11.1 Å². The lowest BCUT2D eigenvalue weighted by atomic mass is 10.1. The van der Waals surface area contributed by atoms with Gasteiger partial charge in [-0.2, -0.15) is 16.8 Å². The van der Waals surface area contributed by atoms with Crippen LogP contribution in [0.2, 0.25) is 0 Å². The molecule has 0 fully saturated rings. The molecular formula is C15H18N2O7S2. The van der Waals surface area contributed by atoms with Gasteiger partial charge in [-0.25, -0.2) is 0 Å². The van der Waals surface area contributed by atoms with Crippen molar-refractivity contribution in [2.75, 3.05) is 11.1 Å². The predicted molar refractivity (Wildman–Crippen MR) is 96.1 cm³/mol. The highest BCUT2D eigenvalue weighted by molar-refractivity contribution is 7.86. The Morgan fingerprint density at radius 1 is 1.00 bits per heavy atom. The maximum Gasteiger partial charge on any atom is 0.295 e. The molecule has 26 heavy (non-hydrogen) atoms. The number of amides is 1. The van der Waals surface area contributed by atoms with E-state index in [2.05, 4.69) is 5.32 Å². The molecule has 1 amide bonds. The van der Waals surface area contributed by atoms with Gasteiger partial charge in [-0.05, 0) is 30.7 Å². The number of nitrogens with two attached hydrogens (primary N) is 1. The van der Waals surface area contributed by atoms with Gasteiger partial charge in [0.1, 0.15) is 9.79 Å². The molecule has 0 unspecified atom stereocenters. The average Bonchev–Trinajstić information content (AvgIpc) is 2.50. The van der Waals surface area contributed by atoms with Gasteiger partial charge >= 0.3 is 0 Å². The minimum Gasteiger partial charge on any atom is -0.399 e. The molecule has 0 aliphatic rings. The first kappa shape index (κ1) is 20.1. The van der Waals surface area contributed by atoms with Gasteiger partial charge in [-0.15, -0.1) is 0 Å². The number of unbranched alkanes of at least 4 members (excludes halogenated alkanes) is 1. The van der Waals surface area contributed by atoms with E-state index in [9.17, 15) is 30.7 Å². The van der Waals surface area contributed by atoms with Crippen LogP contribution in [0.5, 0.6) is 0 Å². The standard InChI is InChI=1S/C15H18N2O7S2/c1-2-3-4-15(18)17-10-7-12-11(14(8-10)26(22,23)24)5-9(16)6-13(12)25(19,20)21/h5-8H,2-4,16H2,1H3,(H,17,18)(H,19,20,21)(H,22,23,24). The Morgan fingerprint density at radius 3 is 2.08 bits per heavy atom. The molecular weight excluding hydrogens is 384 g/mol. The normalized spacial score (nSPS) is 12.3. The van der Waals surface area contributed by atoms with Crippen LogP contribution in [0, 0.1) is 0 Å². The molecule has 0 aromatic heterocycles. The van der Waals surface area contributed by atoms with Crippen molar-refractivity contribution in [2.45, 2.75) is 36.0 Å². The molecule has 0 spiro atoms. The van der Waals surface area contributed by atoms with Crippen LogP contribution in [0.4, 0.5) is 11.4 Å². The first-order valence-corrected chi connectivity index (χ1v) is 10.4. The van der Waals surface area contributed by atoms with Gasteiger partial charge < -0.3 is 11.1 Å². The zero-order valence-corrected chi connectivity index (χ0v) is 15.4. The zero-order chi connectivity index (χ0) is 19.7. The summed E-state index contributed by atoms with van der Waals surface area (Å²) in [6, 6.07) is 4.29. The number of rotatable bonds is 6. The second kappa shape index (κ2) is 7.19. The Kier molecular flexibility index (Phi) is 5.56. The van der Waals surface area contributed by atoms with Crippen molar-refractivity contribution in [3.63, 3.8) is 0 Å². The number of carbonyl (C=O) groups is 1. The molecule has 0 atom stereocenters. The van der Waals surface area contributed by atoms with E-state index in [4.69, 9.17) is 5.73 Å². The molecule has 142 valence electrons. The van der Waals surface area contributed by atoms with Crippen molar-refractivity contribution >= 4 is 48.3 Å². The molecule has 9 nitrogen and oxygen atoms in total. The van der Waals surface area contributed by atoms with E-state index in [1.165, 1.54) is 6.07 Å². The topological polar surface area (TPSA) is 164 Å². The zero-order valence-electron chi connectivity index (χ0n) is 13.8. The lowest BCUT2D eigenvalue weighted by Gasteiger charge is -2.13. The van der Waals surface area contributed by atoms with E-state index in [1.54, 1.807) is 0 Å². The fourth-order valence-corrected chi connectivity index (χ4v) is 3.93. The van der Waals surface area contributed by atoms with Crippen molar-refractivity contribution in [3.05, 3.63) is 24.3 Å². The first-order chi connectivity index (χ1) is 11.9. The summed E-state index contributed by atoms with van der Waals surface area (Å²) < 4.78 is 65.6. The molecule has 0 saturated carbocycles. The van der Waals surface area contributed by atoms with Crippen molar-refractivity contribution in [1.29, 1.82) is 0 Å². The van der Waals surface area contributed by atoms with Crippen LogP contribution in [-0.4, -0.2) is 31.8 Å². The molecule has 0 aliphatic carbocycles. The van der Waals surface area contributed by atoms with Crippen LogP contribution in [0.1, 0.15) is 26.2 Å². The maximum atomic E-state index is 11.9. The van der Waals surface area contributed by atoms with Crippen LogP contribution in [0.25, 0.3) is 10.8 Å². The number of anilines is 2. The fourth-order valence-electron chi connectivity index (χ4n) is 2.48. The summed E-state index contributed by atoms with van der Waals surface area (Å²) in [7, 11) is -9.51. The van der Waals surface area contributed by atoms with Gasteiger partial charge in [0, 0.05) is 28.6 Å². The summed E-state index contributed by atoms with van der Waals surface area (Å²) in [6.45, 7) is 1.89. The van der Waals surface area contributed by atoms with E-state index < -0.39 is 35.9 Å². The highest BCUT2D eigenvalue weighted by Crippen LogP contribution is 2.34.